The van der Waals surface area contributed by atoms with Gasteiger partial charge in [-0.2, -0.15) is 5.10 Å². The van der Waals surface area contributed by atoms with E-state index >= 15 is 0 Å². The predicted molar refractivity (Wildman–Crippen MR) is 108 cm³/mol. The predicted octanol–water partition coefficient (Wildman–Crippen LogP) is 4.79. The summed E-state index contributed by atoms with van der Waals surface area (Å²) >= 11 is 12.1. The number of benzene rings is 2. The van der Waals surface area contributed by atoms with Crippen molar-refractivity contribution in [3.8, 4) is 22.8 Å². The summed E-state index contributed by atoms with van der Waals surface area (Å²) in [4.78, 5) is 11.8. The molecule has 1 N–H and O–H groups in total. The Balaban J connectivity index is 1.51. The van der Waals surface area contributed by atoms with E-state index in [0.717, 1.165) is 0 Å². The Hall–Kier alpha value is -2.96. The first-order valence-electron chi connectivity index (χ1n) is 8.19. The molecule has 0 fully saturated rings. The van der Waals surface area contributed by atoms with E-state index < -0.39 is 5.91 Å². The Bertz CT molecular complexity index is 984. The number of hydrogen-bond donors (Lipinski definition) is 1. The second-order valence-electron chi connectivity index (χ2n) is 5.58. The number of ether oxygens (including phenoxy) is 2. The third kappa shape index (κ3) is 5.28. The van der Waals surface area contributed by atoms with E-state index in [1.54, 1.807) is 61.7 Å². The number of rotatable bonds is 7. The Labute approximate surface area is 171 Å². The Morgan fingerprint density at radius 1 is 1.11 bits per heavy atom. The largest absolute Gasteiger partial charge is 0.497 e. The number of methoxy groups -OCH3 is 1. The molecule has 144 valence electrons. The summed E-state index contributed by atoms with van der Waals surface area (Å²) in [6, 6.07) is 15.5. The second-order valence-corrected chi connectivity index (χ2v) is 6.43. The minimum absolute atomic E-state index is 0.173. The standard InChI is InChI=1S/C20H16Cl2N2O4/c1-26-14-3-5-15(6-4-14)27-12-20(25)24-23-11-16-7-9-19(28-16)17-8-2-13(21)10-18(17)22/h2-11H,12H2,1H3,(H,24,25)/b23-11-. The van der Waals surface area contributed by atoms with Crippen molar-refractivity contribution in [1.82, 2.24) is 5.43 Å². The van der Waals surface area contributed by atoms with Crippen LogP contribution in [0.5, 0.6) is 11.5 Å². The zero-order valence-corrected chi connectivity index (χ0v) is 16.3. The van der Waals surface area contributed by atoms with E-state index in [1.807, 2.05) is 0 Å². The van der Waals surface area contributed by atoms with E-state index in [0.29, 0.717) is 38.6 Å². The molecule has 0 atom stereocenters. The lowest BCUT2D eigenvalue weighted by atomic mass is 10.2. The maximum atomic E-state index is 11.8. The number of carbonyl (C=O) groups is 1. The zero-order valence-electron chi connectivity index (χ0n) is 14.8. The summed E-state index contributed by atoms with van der Waals surface area (Å²) in [6.07, 6.45) is 1.39. The van der Waals surface area contributed by atoms with E-state index in [2.05, 4.69) is 10.5 Å². The van der Waals surface area contributed by atoms with Gasteiger partial charge in [0.25, 0.3) is 5.91 Å². The summed E-state index contributed by atoms with van der Waals surface area (Å²) in [5.41, 5.74) is 3.08. The smallest absolute Gasteiger partial charge is 0.277 e. The minimum Gasteiger partial charge on any atom is -0.497 e. The molecule has 3 rings (SSSR count). The van der Waals surface area contributed by atoms with Crippen molar-refractivity contribution in [1.29, 1.82) is 0 Å². The topological polar surface area (TPSA) is 73.1 Å². The summed E-state index contributed by atoms with van der Waals surface area (Å²) in [7, 11) is 1.58. The number of nitrogens with zero attached hydrogens (tertiary/aromatic N) is 1. The molecule has 1 heterocycles. The average molecular weight is 419 g/mol. The number of halogens is 2. The monoisotopic (exact) mass is 418 g/mol. The Morgan fingerprint density at radius 2 is 1.86 bits per heavy atom. The Kier molecular flexibility index (Phi) is 6.57. The number of amides is 1. The van der Waals surface area contributed by atoms with Gasteiger partial charge in [-0.25, -0.2) is 5.43 Å². The highest BCUT2D eigenvalue weighted by atomic mass is 35.5. The highest BCUT2D eigenvalue weighted by Crippen LogP contribution is 2.31. The van der Waals surface area contributed by atoms with Crippen molar-refractivity contribution < 1.29 is 18.7 Å². The van der Waals surface area contributed by atoms with Crippen LogP contribution in [0, 0.1) is 0 Å². The molecule has 0 aliphatic heterocycles. The maximum absolute atomic E-state index is 11.8. The normalized spacial score (nSPS) is 10.8. The molecule has 0 spiro atoms. The van der Waals surface area contributed by atoms with Gasteiger partial charge in [-0.05, 0) is 54.6 Å². The van der Waals surface area contributed by atoms with Gasteiger partial charge in [0.05, 0.1) is 18.3 Å². The lowest BCUT2D eigenvalue weighted by Crippen LogP contribution is -2.24. The number of hydrazone groups is 1. The highest BCUT2D eigenvalue weighted by Gasteiger charge is 2.08. The molecule has 0 saturated carbocycles. The van der Waals surface area contributed by atoms with Gasteiger partial charge < -0.3 is 13.9 Å². The van der Waals surface area contributed by atoms with E-state index in [4.69, 9.17) is 37.1 Å². The van der Waals surface area contributed by atoms with Crippen LogP contribution < -0.4 is 14.9 Å². The fourth-order valence-corrected chi connectivity index (χ4v) is 2.78. The first kappa shape index (κ1) is 19.8. The van der Waals surface area contributed by atoms with Gasteiger partial charge in [-0.1, -0.05) is 23.2 Å². The molecule has 0 bridgehead atoms. The van der Waals surface area contributed by atoms with Gasteiger partial charge in [-0.15, -0.1) is 0 Å². The molecular weight excluding hydrogens is 403 g/mol. The number of hydrogen-bond acceptors (Lipinski definition) is 5. The van der Waals surface area contributed by atoms with Crippen molar-refractivity contribution in [3.63, 3.8) is 0 Å². The molecule has 6 nitrogen and oxygen atoms in total. The maximum Gasteiger partial charge on any atom is 0.277 e. The third-order valence-electron chi connectivity index (χ3n) is 3.63. The van der Waals surface area contributed by atoms with Gasteiger partial charge in [0, 0.05) is 10.6 Å². The lowest BCUT2D eigenvalue weighted by Gasteiger charge is -2.05. The summed E-state index contributed by atoms with van der Waals surface area (Å²) in [6.45, 7) is -0.173. The number of carbonyl (C=O) groups excluding carboxylic acids is 1. The van der Waals surface area contributed by atoms with Crippen molar-refractivity contribution in [2.75, 3.05) is 13.7 Å². The minimum atomic E-state index is -0.403. The molecule has 1 amide bonds. The van der Waals surface area contributed by atoms with E-state index in [1.165, 1.54) is 6.21 Å². The quantitative estimate of drug-likeness (QED) is 0.442. The second kappa shape index (κ2) is 9.30. The first-order valence-corrected chi connectivity index (χ1v) is 8.95. The SMILES string of the molecule is COc1ccc(OCC(=O)N/N=C\c2ccc(-c3ccc(Cl)cc3Cl)o2)cc1. The van der Waals surface area contributed by atoms with Crippen LogP contribution in [0.2, 0.25) is 10.0 Å². The fraction of sp³-hybridized carbons (Fsp3) is 0.100. The van der Waals surface area contributed by atoms with E-state index in [-0.39, 0.29) is 6.61 Å². The fourth-order valence-electron chi connectivity index (χ4n) is 2.28. The van der Waals surface area contributed by atoms with Crippen LogP contribution in [0.4, 0.5) is 0 Å². The molecule has 0 aliphatic rings. The molecule has 0 aliphatic carbocycles. The molecular formula is C20H16Cl2N2O4. The number of nitrogens with one attached hydrogen (secondary N) is 1. The van der Waals surface area contributed by atoms with Crippen LogP contribution in [-0.2, 0) is 4.79 Å². The molecule has 1 aromatic heterocycles. The van der Waals surface area contributed by atoms with Gasteiger partial charge >= 0.3 is 0 Å². The lowest BCUT2D eigenvalue weighted by molar-refractivity contribution is -0.123. The van der Waals surface area contributed by atoms with Crippen LogP contribution in [0.25, 0.3) is 11.3 Å². The number of furan rings is 1. The van der Waals surface area contributed by atoms with Crippen LogP contribution >= 0.6 is 23.2 Å². The summed E-state index contributed by atoms with van der Waals surface area (Å²) in [5.74, 6) is 1.88. The van der Waals surface area contributed by atoms with Gasteiger partial charge in [0.1, 0.15) is 23.0 Å². The van der Waals surface area contributed by atoms with Crippen LogP contribution in [0.15, 0.2) is 64.1 Å². The molecule has 8 heteroatoms. The molecule has 2 aromatic carbocycles. The molecule has 0 unspecified atom stereocenters. The molecule has 0 radical (unpaired) electrons. The summed E-state index contributed by atoms with van der Waals surface area (Å²) in [5, 5.41) is 4.88. The first-order chi connectivity index (χ1) is 13.5. The van der Waals surface area contributed by atoms with Gasteiger partial charge in [-0.3, -0.25) is 4.79 Å². The molecule has 0 saturated heterocycles. The summed E-state index contributed by atoms with van der Waals surface area (Å²) < 4.78 is 16.1. The van der Waals surface area contributed by atoms with Crippen molar-refractivity contribution >= 4 is 35.3 Å². The van der Waals surface area contributed by atoms with Gasteiger partial charge in [0.2, 0.25) is 0 Å². The van der Waals surface area contributed by atoms with Gasteiger partial charge in [0.15, 0.2) is 6.61 Å². The van der Waals surface area contributed by atoms with Crippen molar-refractivity contribution in [2.45, 2.75) is 0 Å². The van der Waals surface area contributed by atoms with Crippen LogP contribution in [0.1, 0.15) is 5.76 Å². The van der Waals surface area contributed by atoms with Crippen molar-refractivity contribution in [2.24, 2.45) is 5.10 Å². The average Bonchev–Trinajstić information content (AvgIpc) is 3.15. The molecule has 3 aromatic rings. The zero-order chi connectivity index (χ0) is 19.9. The molecule has 28 heavy (non-hydrogen) atoms. The Morgan fingerprint density at radius 3 is 2.57 bits per heavy atom. The highest BCUT2D eigenvalue weighted by molar-refractivity contribution is 6.36. The third-order valence-corrected chi connectivity index (χ3v) is 4.18. The van der Waals surface area contributed by atoms with Crippen LogP contribution in [0.3, 0.4) is 0 Å². The van der Waals surface area contributed by atoms with Crippen LogP contribution in [-0.4, -0.2) is 25.8 Å². The van der Waals surface area contributed by atoms with E-state index in [9.17, 15) is 4.79 Å². The van der Waals surface area contributed by atoms with Crippen molar-refractivity contribution in [3.05, 3.63) is 70.4 Å².